The molecule has 0 saturated carbocycles. The molecular weight excluding hydrogens is 512 g/mol. The van der Waals surface area contributed by atoms with Crippen molar-refractivity contribution in [2.75, 3.05) is 12.3 Å². The molecule has 14 nitrogen and oxygen atoms in total. The number of fused-ring (bicyclic) bond motifs is 1. The first-order chi connectivity index (χ1) is 17.3. The number of rotatable bonds is 10. The molecule has 4 rings (SSSR count). The van der Waals surface area contributed by atoms with Gasteiger partial charge in [0, 0.05) is 17.5 Å². The highest BCUT2D eigenvalue weighted by atomic mass is 32.2. The summed E-state index contributed by atoms with van der Waals surface area (Å²) in [5, 5.41) is 38.0. The molecule has 4 atom stereocenters. The van der Waals surface area contributed by atoms with Gasteiger partial charge in [-0.3, -0.25) is 14.5 Å². The Morgan fingerprint density at radius 3 is 2.69 bits per heavy atom. The van der Waals surface area contributed by atoms with Gasteiger partial charge in [-0.1, -0.05) is 42.1 Å². The lowest BCUT2D eigenvalue weighted by atomic mass is 9.99. The van der Waals surface area contributed by atoms with Gasteiger partial charge in [-0.15, -0.1) is 16.9 Å². The maximum Gasteiger partial charge on any atom is 0.352 e. The van der Waals surface area contributed by atoms with Crippen LogP contribution in [0.15, 0.2) is 46.8 Å². The highest BCUT2D eigenvalue weighted by molar-refractivity contribution is 8.01. The Hall–Kier alpha value is -3.63. The minimum Gasteiger partial charge on any atom is -0.477 e. The Balaban J connectivity index is 1.53. The molecule has 1 aromatic heterocycles. The maximum atomic E-state index is 13.0. The molecule has 190 valence electrons. The van der Waals surface area contributed by atoms with Crippen molar-refractivity contribution >= 4 is 47.3 Å². The number of nitrogens with one attached hydrogen (secondary N) is 3. The number of hydrogen-bond donors (Lipinski definition) is 6. The summed E-state index contributed by atoms with van der Waals surface area (Å²) in [4.78, 5) is 50.1. The molecule has 1 saturated heterocycles. The van der Waals surface area contributed by atoms with E-state index in [4.69, 9.17) is 5.73 Å². The molecule has 3 unspecified atom stereocenters. The van der Waals surface area contributed by atoms with Gasteiger partial charge in [0.15, 0.2) is 6.10 Å². The number of nitrogens with two attached hydrogens (primary N) is 1. The van der Waals surface area contributed by atoms with Gasteiger partial charge in [0.1, 0.15) is 17.1 Å². The van der Waals surface area contributed by atoms with E-state index >= 15 is 0 Å². The fourth-order valence-corrected chi connectivity index (χ4v) is 6.42. The van der Waals surface area contributed by atoms with Crippen molar-refractivity contribution in [3.05, 3.63) is 47.2 Å². The topological polar surface area (TPSA) is 217 Å². The molecule has 16 heteroatoms. The van der Waals surface area contributed by atoms with Gasteiger partial charge in [0.25, 0.3) is 11.8 Å². The Morgan fingerprint density at radius 1 is 1.31 bits per heavy atom. The minimum atomic E-state index is -1.47. The molecule has 0 spiro atoms. The lowest BCUT2D eigenvalue weighted by Gasteiger charge is -2.50. The second-order valence-corrected chi connectivity index (χ2v) is 10.1. The van der Waals surface area contributed by atoms with E-state index in [0.717, 1.165) is 16.7 Å². The fourth-order valence-electron chi connectivity index (χ4n) is 3.87. The number of hydrogen-bond acceptors (Lipinski definition) is 10. The van der Waals surface area contributed by atoms with Crippen molar-refractivity contribution in [3.8, 4) is 0 Å². The number of H-pyrrole nitrogens is 1. The quantitative estimate of drug-likeness (QED) is 0.164. The summed E-state index contributed by atoms with van der Waals surface area (Å²) in [5.74, 6) is -2.42. The van der Waals surface area contributed by atoms with Crippen LogP contribution in [0, 0.1) is 0 Å². The van der Waals surface area contributed by atoms with Crippen molar-refractivity contribution in [3.63, 3.8) is 0 Å². The van der Waals surface area contributed by atoms with E-state index in [1.54, 1.807) is 30.3 Å². The first-order valence-electron chi connectivity index (χ1n) is 10.7. The number of primary amides is 1. The molecule has 2 aliphatic rings. The van der Waals surface area contributed by atoms with Crippen LogP contribution in [0.2, 0.25) is 0 Å². The van der Waals surface area contributed by atoms with Gasteiger partial charge in [-0.05, 0) is 28.0 Å². The first-order valence-corrected chi connectivity index (χ1v) is 12.6. The molecular formula is C20H22N8O6S2. The number of tetrazole rings is 1. The second kappa shape index (κ2) is 11.0. The first kappa shape index (κ1) is 25.5. The zero-order valence-corrected chi connectivity index (χ0v) is 20.2. The average molecular weight is 535 g/mol. The van der Waals surface area contributed by atoms with Crippen LogP contribution >= 0.6 is 23.5 Å². The summed E-state index contributed by atoms with van der Waals surface area (Å²) in [6.45, 7) is 0.156. The van der Waals surface area contributed by atoms with Gasteiger partial charge < -0.3 is 26.6 Å². The van der Waals surface area contributed by atoms with Crippen molar-refractivity contribution in [1.82, 2.24) is 36.2 Å². The van der Waals surface area contributed by atoms with Crippen LogP contribution in [0.5, 0.6) is 0 Å². The van der Waals surface area contributed by atoms with E-state index in [-0.39, 0.29) is 24.4 Å². The summed E-state index contributed by atoms with van der Waals surface area (Å²) < 4.78 is 0. The van der Waals surface area contributed by atoms with Crippen LogP contribution in [-0.2, 0) is 14.4 Å². The van der Waals surface area contributed by atoms with Gasteiger partial charge >= 0.3 is 12.0 Å². The summed E-state index contributed by atoms with van der Waals surface area (Å²) in [6, 6.07) is 6.55. The predicted octanol–water partition coefficient (Wildman–Crippen LogP) is -0.809. The largest absolute Gasteiger partial charge is 0.477 e. The number of amides is 4. The summed E-state index contributed by atoms with van der Waals surface area (Å²) in [7, 11) is 0. The molecule has 4 amide bonds. The number of carbonyl (C=O) groups excluding carboxylic acids is 3. The van der Waals surface area contributed by atoms with Crippen molar-refractivity contribution < 1.29 is 29.4 Å². The van der Waals surface area contributed by atoms with Crippen LogP contribution in [0.3, 0.4) is 0 Å². The molecule has 0 radical (unpaired) electrons. The molecule has 3 heterocycles. The zero-order chi connectivity index (χ0) is 25.8. The predicted molar refractivity (Wildman–Crippen MR) is 127 cm³/mol. The Labute approximate surface area is 212 Å². The number of aromatic amines is 1. The van der Waals surface area contributed by atoms with E-state index in [2.05, 4.69) is 31.3 Å². The van der Waals surface area contributed by atoms with E-state index in [1.807, 2.05) is 0 Å². The van der Waals surface area contributed by atoms with Crippen molar-refractivity contribution in [2.45, 2.75) is 34.3 Å². The van der Waals surface area contributed by atoms with Crippen LogP contribution < -0.4 is 16.4 Å². The number of thioether (sulfide) groups is 2. The van der Waals surface area contributed by atoms with Crippen molar-refractivity contribution in [1.29, 1.82) is 0 Å². The Kier molecular flexibility index (Phi) is 7.76. The minimum absolute atomic E-state index is 0.156. The zero-order valence-electron chi connectivity index (χ0n) is 18.5. The number of aliphatic carboxylic acids is 1. The molecule has 0 bridgehead atoms. The summed E-state index contributed by atoms with van der Waals surface area (Å²) >= 11 is 2.44. The van der Waals surface area contributed by atoms with E-state index in [1.165, 1.54) is 11.8 Å². The molecule has 36 heavy (non-hydrogen) atoms. The SMILES string of the molecule is NC(=O)NCCC(Sc1nnn[nH]1)C1=C(C(=O)O)N2C(=O)C(NC(=O)C(O)c3ccccc3)[C@@H]2SC1. The molecule has 1 aromatic carbocycles. The lowest BCUT2D eigenvalue weighted by molar-refractivity contribution is -0.151. The Morgan fingerprint density at radius 2 is 2.06 bits per heavy atom. The molecule has 7 N–H and O–H groups in total. The number of carboxylic acids is 1. The number of aromatic nitrogens is 4. The van der Waals surface area contributed by atoms with Crippen molar-refractivity contribution in [2.24, 2.45) is 5.73 Å². The van der Waals surface area contributed by atoms with Gasteiger partial charge in [-0.2, -0.15) is 0 Å². The van der Waals surface area contributed by atoms with Crippen LogP contribution in [0.4, 0.5) is 4.79 Å². The summed E-state index contributed by atoms with van der Waals surface area (Å²) in [6.07, 6.45) is -1.18. The third kappa shape index (κ3) is 5.29. The molecule has 2 aromatic rings. The van der Waals surface area contributed by atoms with Gasteiger partial charge in [0.2, 0.25) is 5.16 Å². The monoisotopic (exact) mass is 534 g/mol. The highest BCUT2D eigenvalue weighted by Gasteiger charge is 2.55. The van der Waals surface area contributed by atoms with Gasteiger partial charge in [0.05, 0.1) is 0 Å². The normalized spacial score (nSPS) is 20.7. The second-order valence-electron chi connectivity index (χ2n) is 7.78. The summed E-state index contributed by atoms with van der Waals surface area (Å²) in [5.41, 5.74) is 5.76. The number of aliphatic hydroxyl groups is 1. The maximum absolute atomic E-state index is 13.0. The van der Waals surface area contributed by atoms with Crippen LogP contribution in [-0.4, -0.2) is 88.5 Å². The third-order valence-corrected chi connectivity index (χ3v) is 8.04. The third-order valence-electron chi connectivity index (χ3n) is 5.54. The molecule has 1 fully saturated rings. The van der Waals surface area contributed by atoms with Crippen LogP contribution in [0.1, 0.15) is 18.1 Å². The number of nitrogens with zero attached hydrogens (tertiary/aromatic N) is 4. The standard InChI is InChI=1S/C20H22N8O6S2/c21-19(34)22-7-6-11(36-20-24-26-27-25-20)10-8-35-17-12(16(31)28(17)13(10)18(32)33)23-15(30)14(29)9-4-2-1-3-5-9/h1-5,11-12,14,17,29H,6-8H2,(H,23,30)(H,32,33)(H3,21,22,34)(H,24,25,26,27)/t11?,12?,14?,17-/m0/s1. The van der Waals surface area contributed by atoms with E-state index in [0.29, 0.717) is 16.3 Å². The van der Waals surface area contributed by atoms with Gasteiger partial charge in [-0.25, -0.2) is 14.7 Å². The van der Waals surface area contributed by atoms with E-state index < -0.39 is 46.6 Å². The Bertz CT molecular complexity index is 1180. The fraction of sp³-hybridized carbons (Fsp3) is 0.350. The smallest absolute Gasteiger partial charge is 0.352 e. The molecule has 0 aliphatic carbocycles. The van der Waals surface area contributed by atoms with Crippen LogP contribution in [0.25, 0.3) is 0 Å². The number of carboxylic acid groups (broad SMARTS) is 1. The molecule has 2 aliphatic heterocycles. The number of β-lactam (4-membered cyclic amide) rings is 1. The number of carbonyl (C=O) groups is 4. The lowest BCUT2D eigenvalue weighted by Crippen LogP contribution is -2.71. The number of urea groups is 1. The average Bonchev–Trinajstić information content (AvgIpc) is 3.38. The highest BCUT2D eigenvalue weighted by Crippen LogP contribution is 2.44. The number of aliphatic hydroxyl groups excluding tert-OH is 1. The number of benzene rings is 1. The van der Waals surface area contributed by atoms with E-state index in [9.17, 15) is 29.4 Å².